The molecule has 17 heavy (non-hydrogen) atoms. The molecule has 0 radical (unpaired) electrons. The minimum absolute atomic E-state index is 0.277. The molecule has 0 atom stereocenters. The molecule has 0 aliphatic rings. The predicted octanol–water partition coefficient (Wildman–Crippen LogP) is 1.26. The highest BCUT2D eigenvalue weighted by Gasteiger charge is 1.92. The Kier molecular flexibility index (Phi) is 3.46. The molecule has 2 aromatic rings. The van der Waals surface area contributed by atoms with E-state index in [4.69, 9.17) is 11.6 Å². The topological polar surface area (TPSA) is 83.0 Å². The van der Waals surface area contributed by atoms with Gasteiger partial charge in [-0.3, -0.25) is 5.43 Å². The maximum absolute atomic E-state index is 10.8. The normalized spacial score (nSPS) is 10.6. The van der Waals surface area contributed by atoms with E-state index in [0.717, 1.165) is 5.56 Å². The highest BCUT2D eigenvalue weighted by molar-refractivity contribution is 6.30. The third-order valence-electron chi connectivity index (χ3n) is 1.83. The lowest BCUT2D eigenvalue weighted by Crippen LogP contribution is -2.13. The number of benzene rings is 1. The number of aromatic nitrogens is 3. The van der Waals surface area contributed by atoms with Crippen LogP contribution in [0.15, 0.2) is 40.4 Å². The number of halogens is 1. The number of H-pyrrole nitrogens is 1. The maximum Gasteiger partial charge on any atom is 0.363 e. The molecule has 0 aliphatic heterocycles. The summed E-state index contributed by atoms with van der Waals surface area (Å²) in [6.07, 6.45) is 2.94. The van der Waals surface area contributed by atoms with Gasteiger partial charge in [-0.25, -0.2) is 9.89 Å². The molecule has 1 aromatic heterocycles. The largest absolute Gasteiger partial charge is 0.363 e. The minimum atomic E-state index is -0.531. The van der Waals surface area contributed by atoms with Crippen LogP contribution in [0.2, 0.25) is 5.02 Å². The number of rotatable bonds is 3. The summed E-state index contributed by atoms with van der Waals surface area (Å²) in [4.78, 5) is 14.4. The van der Waals surface area contributed by atoms with E-state index < -0.39 is 5.69 Å². The molecule has 2 rings (SSSR count). The fourth-order valence-electron chi connectivity index (χ4n) is 1.09. The molecule has 0 saturated heterocycles. The van der Waals surface area contributed by atoms with E-state index in [9.17, 15) is 4.79 Å². The first kappa shape index (κ1) is 11.3. The van der Waals surface area contributed by atoms with E-state index in [-0.39, 0.29) is 5.82 Å². The van der Waals surface area contributed by atoms with Crippen molar-refractivity contribution in [2.75, 3.05) is 5.43 Å². The molecule has 6 nitrogen and oxygen atoms in total. The van der Waals surface area contributed by atoms with Crippen molar-refractivity contribution >= 4 is 23.6 Å². The van der Waals surface area contributed by atoms with E-state index in [2.05, 4.69) is 25.7 Å². The third-order valence-corrected chi connectivity index (χ3v) is 2.08. The quantitative estimate of drug-likeness (QED) is 0.634. The van der Waals surface area contributed by atoms with Crippen LogP contribution in [0.5, 0.6) is 0 Å². The Morgan fingerprint density at radius 2 is 2.12 bits per heavy atom. The van der Waals surface area contributed by atoms with E-state index in [1.807, 2.05) is 12.1 Å². The summed E-state index contributed by atoms with van der Waals surface area (Å²) in [5, 5.41) is 10.3. The first-order valence-electron chi connectivity index (χ1n) is 4.70. The van der Waals surface area contributed by atoms with Crippen LogP contribution < -0.4 is 11.1 Å². The number of nitrogens with zero attached hydrogens (tertiary/aromatic N) is 3. The van der Waals surface area contributed by atoms with Gasteiger partial charge in [0.2, 0.25) is 0 Å². The summed E-state index contributed by atoms with van der Waals surface area (Å²) in [5.41, 5.74) is 2.94. The highest BCUT2D eigenvalue weighted by Crippen LogP contribution is 2.07. The van der Waals surface area contributed by atoms with Gasteiger partial charge in [0.1, 0.15) is 0 Å². The van der Waals surface area contributed by atoms with Gasteiger partial charge in [-0.15, -0.1) is 0 Å². The van der Waals surface area contributed by atoms with E-state index in [1.54, 1.807) is 18.3 Å². The first-order valence-corrected chi connectivity index (χ1v) is 5.08. The molecule has 0 unspecified atom stereocenters. The smallest absolute Gasteiger partial charge is 0.260 e. The Morgan fingerprint density at radius 3 is 2.82 bits per heavy atom. The van der Waals surface area contributed by atoms with Crippen molar-refractivity contribution in [1.29, 1.82) is 0 Å². The number of nitrogens with one attached hydrogen (secondary N) is 2. The van der Waals surface area contributed by atoms with Crippen LogP contribution in [-0.2, 0) is 0 Å². The first-order chi connectivity index (χ1) is 8.24. The standard InChI is InChI=1S/C10H8ClN5O/c11-8-3-1-7(2-4-8)5-12-15-9-6-13-16-10(17)14-9/h1-6H,(H2,14,15,16,17)/b12-5+. The van der Waals surface area contributed by atoms with E-state index in [1.165, 1.54) is 6.20 Å². The molecule has 0 saturated carbocycles. The summed E-state index contributed by atoms with van der Waals surface area (Å²) in [6.45, 7) is 0. The lowest BCUT2D eigenvalue weighted by Gasteiger charge is -1.96. The van der Waals surface area contributed by atoms with Crippen LogP contribution in [-0.4, -0.2) is 21.4 Å². The predicted molar refractivity (Wildman–Crippen MR) is 65.3 cm³/mol. The van der Waals surface area contributed by atoms with Crippen LogP contribution in [0.1, 0.15) is 5.56 Å². The summed E-state index contributed by atoms with van der Waals surface area (Å²) >= 11 is 5.74. The fourth-order valence-corrected chi connectivity index (χ4v) is 1.21. The minimum Gasteiger partial charge on any atom is -0.260 e. The van der Waals surface area contributed by atoms with Gasteiger partial charge in [-0.2, -0.15) is 15.2 Å². The molecule has 0 spiro atoms. The van der Waals surface area contributed by atoms with Crippen molar-refractivity contribution in [3.05, 3.63) is 51.5 Å². The molecule has 0 fully saturated rings. The number of hydrazone groups is 1. The molecule has 86 valence electrons. The monoisotopic (exact) mass is 249 g/mol. The molecule has 1 aromatic carbocycles. The second kappa shape index (κ2) is 5.22. The van der Waals surface area contributed by atoms with Crippen molar-refractivity contribution in [2.45, 2.75) is 0 Å². The van der Waals surface area contributed by atoms with Gasteiger partial charge in [-0.05, 0) is 17.7 Å². The zero-order chi connectivity index (χ0) is 12.1. The summed E-state index contributed by atoms with van der Waals surface area (Å²) in [5.74, 6) is 0.277. The molecular weight excluding hydrogens is 242 g/mol. The number of hydrogen-bond donors (Lipinski definition) is 2. The maximum atomic E-state index is 10.8. The van der Waals surface area contributed by atoms with Crippen LogP contribution in [0, 0.1) is 0 Å². The van der Waals surface area contributed by atoms with Crippen molar-refractivity contribution < 1.29 is 0 Å². The average molecular weight is 250 g/mol. The van der Waals surface area contributed by atoms with Gasteiger partial charge in [0.25, 0.3) is 0 Å². The Bertz CT molecular complexity index is 578. The molecule has 7 heteroatoms. The van der Waals surface area contributed by atoms with Crippen LogP contribution in [0.25, 0.3) is 0 Å². The van der Waals surface area contributed by atoms with Gasteiger partial charge in [0, 0.05) is 5.02 Å². The van der Waals surface area contributed by atoms with Gasteiger partial charge in [0.15, 0.2) is 5.82 Å². The zero-order valence-electron chi connectivity index (χ0n) is 8.59. The third kappa shape index (κ3) is 3.39. The summed E-state index contributed by atoms with van der Waals surface area (Å²) < 4.78 is 0. The number of hydrogen-bond acceptors (Lipinski definition) is 5. The molecule has 1 heterocycles. The Balaban J connectivity index is 2.02. The summed E-state index contributed by atoms with van der Waals surface area (Å²) in [7, 11) is 0. The fraction of sp³-hybridized carbons (Fsp3) is 0. The average Bonchev–Trinajstić information content (AvgIpc) is 2.32. The lowest BCUT2D eigenvalue weighted by atomic mass is 10.2. The van der Waals surface area contributed by atoms with Crippen molar-refractivity contribution in [1.82, 2.24) is 15.2 Å². The molecule has 2 N–H and O–H groups in total. The molecule has 0 bridgehead atoms. The Hall–Kier alpha value is -2.21. The van der Waals surface area contributed by atoms with Crippen molar-refractivity contribution in [2.24, 2.45) is 5.10 Å². The lowest BCUT2D eigenvalue weighted by molar-refractivity contribution is 0.913. The van der Waals surface area contributed by atoms with Crippen LogP contribution in [0.4, 0.5) is 5.82 Å². The Labute approximate surface area is 101 Å². The van der Waals surface area contributed by atoms with Gasteiger partial charge < -0.3 is 0 Å². The van der Waals surface area contributed by atoms with Gasteiger partial charge in [-0.1, -0.05) is 23.7 Å². The zero-order valence-corrected chi connectivity index (χ0v) is 9.35. The second-order valence-electron chi connectivity index (χ2n) is 3.09. The Morgan fingerprint density at radius 1 is 1.35 bits per heavy atom. The van der Waals surface area contributed by atoms with Gasteiger partial charge >= 0.3 is 5.69 Å². The van der Waals surface area contributed by atoms with E-state index >= 15 is 0 Å². The second-order valence-corrected chi connectivity index (χ2v) is 3.53. The molecule has 0 amide bonds. The molecule has 0 aliphatic carbocycles. The van der Waals surface area contributed by atoms with Crippen molar-refractivity contribution in [3.8, 4) is 0 Å². The number of aromatic amines is 1. The summed E-state index contributed by atoms with van der Waals surface area (Å²) in [6, 6.07) is 7.15. The number of anilines is 1. The van der Waals surface area contributed by atoms with Crippen molar-refractivity contribution in [3.63, 3.8) is 0 Å². The SMILES string of the molecule is O=c1nc(N/N=C/c2ccc(Cl)cc2)cn[nH]1. The van der Waals surface area contributed by atoms with E-state index in [0.29, 0.717) is 5.02 Å². The highest BCUT2D eigenvalue weighted by atomic mass is 35.5. The van der Waals surface area contributed by atoms with Gasteiger partial charge in [0.05, 0.1) is 12.4 Å². The molecular formula is C10H8ClN5O. The van der Waals surface area contributed by atoms with Crippen LogP contribution in [0.3, 0.4) is 0 Å². The van der Waals surface area contributed by atoms with Crippen LogP contribution >= 0.6 is 11.6 Å².